The molecule has 2 rings (SSSR count). The van der Waals surface area contributed by atoms with Crippen molar-refractivity contribution in [1.29, 1.82) is 0 Å². The van der Waals surface area contributed by atoms with Crippen LogP contribution in [0.4, 0.5) is 4.79 Å². The van der Waals surface area contributed by atoms with Crippen LogP contribution in [0.5, 0.6) is 0 Å². The van der Waals surface area contributed by atoms with Crippen molar-refractivity contribution in [2.24, 2.45) is 0 Å². The summed E-state index contributed by atoms with van der Waals surface area (Å²) in [6.07, 6.45) is 0.143. The highest BCUT2D eigenvalue weighted by atomic mass is 16.5. The van der Waals surface area contributed by atoms with Gasteiger partial charge >= 0.3 is 12.1 Å². The summed E-state index contributed by atoms with van der Waals surface area (Å²) in [5.41, 5.74) is 1.83. The van der Waals surface area contributed by atoms with Crippen molar-refractivity contribution in [1.82, 2.24) is 5.32 Å². The van der Waals surface area contributed by atoms with Gasteiger partial charge in [-0.15, -0.1) is 0 Å². The molecule has 1 amide bonds. The van der Waals surface area contributed by atoms with Crippen molar-refractivity contribution in [2.45, 2.75) is 25.5 Å². The fraction of sp³-hybridized carbons (Fsp3) is 0.263. The Morgan fingerprint density at radius 1 is 1.00 bits per heavy atom. The van der Waals surface area contributed by atoms with Crippen LogP contribution in [0.15, 0.2) is 60.7 Å². The molecule has 5 nitrogen and oxygen atoms in total. The van der Waals surface area contributed by atoms with Crippen LogP contribution in [0, 0.1) is 0 Å². The highest BCUT2D eigenvalue weighted by molar-refractivity contribution is 5.70. The largest absolute Gasteiger partial charge is 0.469 e. The minimum Gasteiger partial charge on any atom is -0.469 e. The Labute approximate surface area is 141 Å². The van der Waals surface area contributed by atoms with Gasteiger partial charge in [0, 0.05) is 6.42 Å². The van der Waals surface area contributed by atoms with E-state index in [0.717, 1.165) is 11.1 Å². The fourth-order valence-corrected chi connectivity index (χ4v) is 2.28. The molecule has 0 bridgehead atoms. The summed E-state index contributed by atoms with van der Waals surface area (Å²) in [5, 5.41) is 2.81. The van der Waals surface area contributed by atoms with Crippen molar-refractivity contribution in [3.8, 4) is 0 Å². The van der Waals surface area contributed by atoms with Crippen LogP contribution < -0.4 is 5.32 Å². The van der Waals surface area contributed by atoms with E-state index >= 15 is 0 Å². The molecule has 126 valence electrons. The molecule has 0 radical (unpaired) electrons. The number of hydrogen-bond acceptors (Lipinski definition) is 4. The lowest BCUT2D eigenvalue weighted by Gasteiger charge is -2.18. The number of nitrogens with one attached hydrogen (secondary N) is 1. The number of esters is 1. The first-order valence-electron chi connectivity index (χ1n) is 7.78. The average Bonchev–Trinajstić information content (AvgIpc) is 2.64. The zero-order valence-corrected chi connectivity index (χ0v) is 13.6. The van der Waals surface area contributed by atoms with E-state index in [4.69, 9.17) is 4.74 Å². The van der Waals surface area contributed by atoms with Crippen LogP contribution in [0.25, 0.3) is 0 Å². The zero-order valence-electron chi connectivity index (χ0n) is 13.6. The predicted molar refractivity (Wildman–Crippen MR) is 90.2 cm³/mol. The molecule has 1 atom stereocenters. The number of benzene rings is 2. The van der Waals surface area contributed by atoms with Gasteiger partial charge < -0.3 is 14.8 Å². The standard InChI is InChI=1S/C19H21NO4/c1-23-18(21)13-12-17(16-10-6-3-7-11-16)20-19(22)24-14-15-8-4-2-5-9-15/h2-11,17H,12-14H2,1H3,(H,20,22). The summed E-state index contributed by atoms with van der Waals surface area (Å²) in [6.45, 7) is 0.200. The van der Waals surface area contributed by atoms with Crippen LogP contribution in [0.3, 0.4) is 0 Å². The van der Waals surface area contributed by atoms with Crippen LogP contribution in [0.2, 0.25) is 0 Å². The molecular weight excluding hydrogens is 306 g/mol. The van der Waals surface area contributed by atoms with E-state index < -0.39 is 6.09 Å². The van der Waals surface area contributed by atoms with Gasteiger partial charge in [-0.3, -0.25) is 4.79 Å². The third kappa shape index (κ3) is 5.76. The molecule has 2 aromatic carbocycles. The third-order valence-electron chi connectivity index (χ3n) is 3.57. The molecule has 1 N–H and O–H groups in total. The maximum absolute atomic E-state index is 12.1. The molecule has 0 spiro atoms. The molecule has 0 aliphatic rings. The number of amides is 1. The molecule has 2 aromatic rings. The Morgan fingerprint density at radius 2 is 1.62 bits per heavy atom. The second kappa shape index (κ2) is 9.35. The molecule has 5 heteroatoms. The summed E-state index contributed by atoms with van der Waals surface area (Å²) in [5.74, 6) is -0.310. The quantitative estimate of drug-likeness (QED) is 0.789. The first-order chi connectivity index (χ1) is 11.7. The number of ether oxygens (including phenoxy) is 2. The number of hydrogen-bond donors (Lipinski definition) is 1. The van der Waals surface area contributed by atoms with Gasteiger partial charge in [0.2, 0.25) is 0 Å². The molecule has 0 saturated carbocycles. The first kappa shape index (κ1) is 17.5. The lowest BCUT2D eigenvalue weighted by atomic mass is 10.0. The van der Waals surface area contributed by atoms with E-state index in [9.17, 15) is 9.59 Å². The Balaban J connectivity index is 1.93. The highest BCUT2D eigenvalue weighted by Gasteiger charge is 2.17. The van der Waals surface area contributed by atoms with Gasteiger partial charge in [0.25, 0.3) is 0 Å². The van der Waals surface area contributed by atoms with E-state index in [2.05, 4.69) is 10.1 Å². The lowest BCUT2D eigenvalue weighted by molar-refractivity contribution is -0.140. The minimum atomic E-state index is -0.516. The Kier molecular flexibility index (Phi) is 6.83. The highest BCUT2D eigenvalue weighted by Crippen LogP contribution is 2.19. The fourth-order valence-electron chi connectivity index (χ4n) is 2.28. The Hall–Kier alpha value is -2.82. The van der Waals surface area contributed by atoms with Crippen LogP contribution in [0.1, 0.15) is 30.0 Å². The molecule has 0 heterocycles. The van der Waals surface area contributed by atoms with Crippen molar-refractivity contribution >= 4 is 12.1 Å². The van der Waals surface area contributed by atoms with Crippen molar-refractivity contribution in [3.63, 3.8) is 0 Å². The summed E-state index contributed by atoms with van der Waals surface area (Å²) in [7, 11) is 1.35. The molecule has 0 aromatic heterocycles. The van der Waals surface area contributed by atoms with E-state index in [-0.39, 0.29) is 25.0 Å². The predicted octanol–water partition coefficient (Wildman–Crippen LogP) is 3.61. The van der Waals surface area contributed by atoms with Gasteiger partial charge in [0.1, 0.15) is 6.61 Å². The topological polar surface area (TPSA) is 64.6 Å². The summed E-state index contributed by atoms with van der Waals surface area (Å²) >= 11 is 0. The monoisotopic (exact) mass is 327 g/mol. The molecule has 0 aliphatic heterocycles. The maximum atomic E-state index is 12.1. The smallest absolute Gasteiger partial charge is 0.407 e. The minimum absolute atomic E-state index is 0.200. The summed E-state index contributed by atoms with van der Waals surface area (Å²) in [4.78, 5) is 23.4. The maximum Gasteiger partial charge on any atom is 0.407 e. The summed E-state index contributed by atoms with van der Waals surface area (Å²) < 4.78 is 9.91. The van der Waals surface area contributed by atoms with Crippen molar-refractivity contribution < 1.29 is 19.1 Å². The Morgan fingerprint density at radius 3 is 2.25 bits per heavy atom. The normalized spacial score (nSPS) is 11.4. The molecule has 24 heavy (non-hydrogen) atoms. The van der Waals surface area contributed by atoms with Crippen molar-refractivity contribution in [2.75, 3.05) is 7.11 Å². The first-order valence-corrected chi connectivity index (χ1v) is 7.78. The molecule has 1 unspecified atom stereocenters. The number of rotatable bonds is 7. The zero-order chi connectivity index (χ0) is 17.2. The van der Waals surface area contributed by atoms with E-state index in [1.54, 1.807) is 0 Å². The van der Waals surface area contributed by atoms with Crippen molar-refractivity contribution in [3.05, 3.63) is 71.8 Å². The van der Waals surface area contributed by atoms with Gasteiger partial charge in [0.05, 0.1) is 13.2 Å². The molecule has 0 aliphatic carbocycles. The lowest BCUT2D eigenvalue weighted by Crippen LogP contribution is -2.29. The van der Waals surface area contributed by atoms with Crippen LogP contribution >= 0.6 is 0 Å². The Bertz CT molecular complexity index is 643. The van der Waals surface area contributed by atoms with E-state index in [1.165, 1.54) is 7.11 Å². The SMILES string of the molecule is COC(=O)CCC(NC(=O)OCc1ccccc1)c1ccccc1. The second-order valence-corrected chi connectivity index (χ2v) is 5.28. The van der Waals surface area contributed by atoms with E-state index in [1.807, 2.05) is 60.7 Å². The van der Waals surface area contributed by atoms with Gasteiger partial charge in [-0.05, 0) is 17.5 Å². The molecular formula is C19H21NO4. The number of carbonyl (C=O) groups excluding carboxylic acids is 2. The number of methoxy groups -OCH3 is 1. The molecule has 0 saturated heterocycles. The van der Waals surface area contributed by atoms with E-state index in [0.29, 0.717) is 6.42 Å². The number of carbonyl (C=O) groups is 2. The van der Waals surface area contributed by atoms with Gasteiger partial charge in [-0.25, -0.2) is 4.79 Å². The number of alkyl carbamates (subject to hydrolysis) is 1. The average molecular weight is 327 g/mol. The van der Waals surface area contributed by atoms with Gasteiger partial charge in [-0.1, -0.05) is 60.7 Å². The van der Waals surface area contributed by atoms with Crippen LogP contribution in [-0.2, 0) is 20.9 Å². The van der Waals surface area contributed by atoms with Crippen LogP contribution in [-0.4, -0.2) is 19.2 Å². The molecule has 0 fully saturated rings. The van der Waals surface area contributed by atoms with Gasteiger partial charge in [0.15, 0.2) is 0 Å². The summed E-state index contributed by atoms with van der Waals surface area (Å²) in [6, 6.07) is 18.6. The third-order valence-corrected chi connectivity index (χ3v) is 3.57. The second-order valence-electron chi connectivity index (χ2n) is 5.28. The van der Waals surface area contributed by atoms with Gasteiger partial charge in [-0.2, -0.15) is 0 Å².